The molecule has 6 N–H and O–H groups in total. The van der Waals surface area contributed by atoms with Crippen LogP contribution in [0.4, 0.5) is 19.3 Å². The molecule has 1 aliphatic rings. The number of nitrogens with one attached hydrogen (secondary N) is 3. The molecule has 2 aromatic carbocycles. The van der Waals surface area contributed by atoms with Gasteiger partial charge < -0.3 is 20.5 Å². The van der Waals surface area contributed by atoms with Gasteiger partial charge in [0, 0.05) is 12.6 Å². The Balaban J connectivity index is 1.75. The Bertz CT molecular complexity index is 998. The van der Waals surface area contributed by atoms with Gasteiger partial charge in [0.25, 0.3) is 0 Å². The topological polar surface area (TPSA) is 123 Å². The molecule has 0 spiro atoms. The summed E-state index contributed by atoms with van der Waals surface area (Å²) in [6, 6.07) is 8.70. The zero-order valence-electron chi connectivity index (χ0n) is 19.2. The second-order valence-electron chi connectivity index (χ2n) is 9.29. The predicted octanol–water partition coefficient (Wildman–Crippen LogP) is 4.18. The molecule has 0 aliphatic carbocycles. The third-order valence-electron chi connectivity index (χ3n) is 5.13. The lowest BCUT2D eigenvalue weighted by Gasteiger charge is -2.42. The highest BCUT2D eigenvalue weighted by Gasteiger charge is 2.31. The van der Waals surface area contributed by atoms with Crippen LogP contribution in [0.2, 0.25) is 0 Å². The number of fused-ring (bicyclic) bond motifs is 1. The molecular formula is C23H31F2N3O5S. The van der Waals surface area contributed by atoms with E-state index in [9.17, 15) is 27.8 Å². The molecular weight excluding hydrogens is 468 g/mol. The maximum Gasteiger partial charge on any atom is 0.407 e. The van der Waals surface area contributed by atoms with Crippen molar-refractivity contribution in [2.45, 2.75) is 51.0 Å². The van der Waals surface area contributed by atoms with E-state index in [2.05, 4.69) is 15.4 Å². The first-order chi connectivity index (χ1) is 15.8. The molecule has 0 saturated heterocycles. The summed E-state index contributed by atoms with van der Waals surface area (Å²) in [5, 5.41) is 16.6. The number of alkyl carbamates (subject to hydrolysis) is 1. The molecule has 8 nitrogen and oxygen atoms in total. The number of hydrogen-bond acceptors (Lipinski definition) is 7. The number of aliphatic hydroxyl groups is 1. The molecule has 1 aliphatic heterocycles. The second kappa shape index (κ2) is 10.4. The van der Waals surface area contributed by atoms with Gasteiger partial charge in [-0.15, -0.1) is 10.8 Å². The summed E-state index contributed by atoms with van der Waals surface area (Å²) in [5.74, 6) is -1.55. The van der Waals surface area contributed by atoms with Crippen LogP contribution in [0.3, 0.4) is 0 Å². The number of carbonyl (C=O) groups is 1. The van der Waals surface area contributed by atoms with Gasteiger partial charge in [0.1, 0.15) is 17.2 Å². The standard InChI is InChI=1S/C23H31F2N3O5S/c1-23(2,3)33-22(30)27-19(10-14-8-15(24)11-16(25)9-14)21(29)12-26-20-13-34(31,32)28-18-7-5-4-6-17(18)20/h4-9,11,19-21,26,28-29,31-32H,10,12-13H2,1-3H3,(H,27,30)/t19-,20?,21-/m0/s1. The van der Waals surface area contributed by atoms with Crippen LogP contribution in [0.25, 0.3) is 0 Å². The highest BCUT2D eigenvalue weighted by atomic mass is 32.3. The Morgan fingerprint density at radius 2 is 1.85 bits per heavy atom. The summed E-state index contributed by atoms with van der Waals surface area (Å²) in [5.41, 5.74) is 0.832. The Hall–Kier alpha value is -2.44. The summed E-state index contributed by atoms with van der Waals surface area (Å²) in [6.07, 6.45) is -2.04. The Morgan fingerprint density at radius 3 is 2.50 bits per heavy atom. The van der Waals surface area contributed by atoms with E-state index < -0.39 is 52.3 Å². The Labute approximate surface area is 199 Å². The molecule has 1 unspecified atom stereocenters. The number of para-hydroxylation sites is 1. The summed E-state index contributed by atoms with van der Waals surface area (Å²) in [7, 11) is -3.08. The number of benzene rings is 2. The minimum absolute atomic E-state index is 0.0179. The quantitative estimate of drug-likeness (QED) is 0.338. The van der Waals surface area contributed by atoms with Gasteiger partial charge in [0.15, 0.2) is 0 Å². The molecule has 2 aromatic rings. The minimum Gasteiger partial charge on any atom is -0.444 e. The van der Waals surface area contributed by atoms with Gasteiger partial charge in [-0.25, -0.2) is 13.6 Å². The Morgan fingerprint density at radius 1 is 1.21 bits per heavy atom. The molecule has 0 fully saturated rings. The smallest absolute Gasteiger partial charge is 0.407 e. The number of aliphatic hydroxyl groups excluding tert-OH is 1. The van der Waals surface area contributed by atoms with Gasteiger partial charge >= 0.3 is 6.09 Å². The van der Waals surface area contributed by atoms with Crippen LogP contribution < -0.4 is 15.4 Å². The number of anilines is 1. The van der Waals surface area contributed by atoms with Crippen LogP contribution in [-0.4, -0.2) is 50.3 Å². The van der Waals surface area contributed by atoms with Crippen LogP contribution in [0, 0.1) is 11.6 Å². The molecule has 3 atom stereocenters. The fourth-order valence-corrected chi connectivity index (χ4v) is 5.12. The summed E-state index contributed by atoms with van der Waals surface area (Å²) in [6.45, 7) is 5.02. The average Bonchev–Trinajstić information content (AvgIpc) is 2.68. The summed E-state index contributed by atoms with van der Waals surface area (Å²) < 4.78 is 55.8. The molecule has 0 radical (unpaired) electrons. The van der Waals surface area contributed by atoms with Crippen molar-refractivity contribution < 1.29 is 32.5 Å². The van der Waals surface area contributed by atoms with Gasteiger partial charge in [-0.2, -0.15) is 0 Å². The first kappa shape index (κ1) is 26.2. The third kappa shape index (κ3) is 7.54. The lowest BCUT2D eigenvalue weighted by Crippen LogP contribution is -2.50. The van der Waals surface area contributed by atoms with E-state index in [1.807, 2.05) is 12.1 Å². The van der Waals surface area contributed by atoms with Crippen molar-refractivity contribution in [3.05, 3.63) is 65.2 Å². The maximum absolute atomic E-state index is 13.7. The predicted molar refractivity (Wildman–Crippen MR) is 128 cm³/mol. The number of rotatable bonds is 7. The molecule has 11 heteroatoms. The van der Waals surface area contributed by atoms with Gasteiger partial charge in [-0.3, -0.25) is 13.8 Å². The highest BCUT2D eigenvalue weighted by molar-refractivity contribution is 8.25. The SMILES string of the molecule is CC(C)(C)OC(=O)N[C@@H](Cc1cc(F)cc(F)c1)[C@@H](O)CNC1CS(O)(O)Nc2ccccc21. The van der Waals surface area contributed by atoms with Crippen LogP contribution in [0.15, 0.2) is 42.5 Å². The third-order valence-corrected chi connectivity index (χ3v) is 6.47. The first-order valence-electron chi connectivity index (χ1n) is 10.8. The fraction of sp³-hybridized carbons (Fsp3) is 0.435. The Kier molecular flexibility index (Phi) is 8.04. The normalized spacial score (nSPS) is 19.8. The number of halogens is 2. The van der Waals surface area contributed by atoms with E-state index in [1.165, 1.54) is 0 Å². The van der Waals surface area contributed by atoms with Gasteiger partial charge in [0.2, 0.25) is 0 Å². The lowest BCUT2D eigenvalue weighted by molar-refractivity contribution is 0.0420. The number of hydrogen-bond donors (Lipinski definition) is 6. The van der Waals surface area contributed by atoms with E-state index in [-0.39, 0.29) is 24.3 Å². The molecule has 188 valence electrons. The highest BCUT2D eigenvalue weighted by Crippen LogP contribution is 2.48. The van der Waals surface area contributed by atoms with Crippen LogP contribution in [0.1, 0.15) is 37.9 Å². The number of carbonyl (C=O) groups excluding carboxylic acids is 1. The van der Waals surface area contributed by atoms with Crippen molar-refractivity contribution in [2.24, 2.45) is 0 Å². The van der Waals surface area contributed by atoms with E-state index in [4.69, 9.17) is 4.74 Å². The second-order valence-corrected chi connectivity index (χ2v) is 11.2. The maximum atomic E-state index is 13.7. The van der Waals surface area contributed by atoms with Crippen molar-refractivity contribution in [3.8, 4) is 0 Å². The first-order valence-corrected chi connectivity index (χ1v) is 12.5. The van der Waals surface area contributed by atoms with Crippen molar-refractivity contribution in [1.82, 2.24) is 10.6 Å². The van der Waals surface area contributed by atoms with Crippen molar-refractivity contribution in [3.63, 3.8) is 0 Å². The summed E-state index contributed by atoms with van der Waals surface area (Å²) in [4.78, 5) is 12.4. The van der Waals surface area contributed by atoms with E-state index >= 15 is 0 Å². The van der Waals surface area contributed by atoms with Crippen molar-refractivity contribution in [2.75, 3.05) is 17.0 Å². The monoisotopic (exact) mass is 499 g/mol. The van der Waals surface area contributed by atoms with Crippen LogP contribution >= 0.6 is 10.8 Å². The average molecular weight is 500 g/mol. The molecule has 1 heterocycles. The van der Waals surface area contributed by atoms with E-state index in [1.54, 1.807) is 32.9 Å². The van der Waals surface area contributed by atoms with Crippen molar-refractivity contribution in [1.29, 1.82) is 0 Å². The largest absolute Gasteiger partial charge is 0.444 e. The molecule has 1 amide bonds. The fourth-order valence-electron chi connectivity index (χ4n) is 3.73. The van der Waals surface area contributed by atoms with Crippen LogP contribution in [-0.2, 0) is 11.2 Å². The van der Waals surface area contributed by atoms with E-state index in [0.717, 1.165) is 23.8 Å². The molecule has 34 heavy (non-hydrogen) atoms. The van der Waals surface area contributed by atoms with Gasteiger partial charge in [-0.05, 0) is 56.5 Å². The number of ether oxygens (including phenoxy) is 1. The van der Waals surface area contributed by atoms with E-state index in [0.29, 0.717) is 5.69 Å². The summed E-state index contributed by atoms with van der Waals surface area (Å²) >= 11 is 0. The lowest BCUT2D eigenvalue weighted by atomic mass is 10.00. The molecule has 0 saturated carbocycles. The van der Waals surface area contributed by atoms with Gasteiger partial charge in [-0.1, -0.05) is 18.2 Å². The number of amides is 1. The molecule has 0 bridgehead atoms. The molecule has 3 rings (SSSR count). The minimum atomic E-state index is -3.08. The van der Waals surface area contributed by atoms with Gasteiger partial charge in [0.05, 0.1) is 29.6 Å². The van der Waals surface area contributed by atoms with Crippen LogP contribution in [0.5, 0.6) is 0 Å². The zero-order chi connectivity index (χ0) is 25.1. The van der Waals surface area contributed by atoms with Crippen molar-refractivity contribution >= 4 is 22.6 Å². The molecule has 0 aromatic heterocycles. The zero-order valence-corrected chi connectivity index (χ0v) is 20.0.